The van der Waals surface area contributed by atoms with E-state index >= 15 is 0 Å². The third kappa shape index (κ3) is 4.22. The van der Waals surface area contributed by atoms with Crippen molar-refractivity contribution in [3.8, 4) is 0 Å². The Kier molecular flexibility index (Phi) is 5.79. The van der Waals surface area contributed by atoms with Crippen LogP contribution in [0.5, 0.6) is 0 Å². The van der Waals surface area contributed by atoms with Crippen molar-refractivity contribution in [2.24, 2.45) is 5.92 Å². The number of carbonyl (C=O) groups excluding carboxylic acids is 1. The predicted molar refractivity (Wildman–Crippen MR) is 90.8 cm³/mol. The fourth-order valence-corrected chi connectivity index (χ4v) is 2.32. The smallest absolute Gasteiger partial charge is 0.312 e. The monoisotopic (exact) mass is 314 g/mol. The number of esters is 1. The Morgan fingerprint density at radius 2 is 1.68 bits per heavy atom. The molecule has 0 aliphatic heterocycles. The Morgan fingerprint density at radius 3 is 2.27 bits per heavy atom. The molecule has 1 unspecified atom stereocenters. The van der Waals surface area contributed by atoms with Crippen molar-refractivity contribution in [3.63, 3.8) is 0 Å². The molecule has 1 atom stereocenters. The van der Waals surface area contributed by atoms with Gasteiger partial charge >= 0.3 is 5.97 Å². The first kappa shape index (κ1) is 16.3. The summed E-state index contributed by atoms with van der Waals surface area (Å²) in [4.78, 5) is 11.9. The van der Waals surface area contributed by atoms with Crippen molar-refractivity contribution in [2.75, 3.05) is 6.61 Å². The van der Waals surface area contributed by atoms with E-state index in [4.69, 9.17) is 16.3 Å². The van der Waals surface area contributed by atoms with Gasteiger partial charge in [-0.2, -0.15) is 0 Å². The fraction of sp³-hybridized carbons (Fsp3) is 0.211. The van der Waals surface area contributed by atoms with Gasteiger partial charge in [0.25, 0.3) is 0 Å². The third-order valence-corrected chi connectivity index (χ3v) is 3.57. The molecule has 0 spiro atoms. The highest BCUT2D eigenvalue weighted by Crippen LogP contribution is 2.26. The van der Waals surface area contributed by atoms with Crippen LogP contribution in [0.3, 0.4) is 0 Å². The third-order valence-electron chi connectivity index (χ3n) is 3.32. The molecule has 2 nitrogen and oxygen atoms in total. The van der Waals surface area contributed by atoms with Gasteiger partial charge in [0.05, 0.1) is 12.5 Å². The lowest BCUT2D eigenvalue weighted by Crippen LogP contribution is -2.13. The van der Waals surface area contributed by atoms with Crippen molar-refractivity contribution in [2.45, 2.75) is 13.8 Å². The van der Waals surface area contributed by atoms with Gasteiger partial charge < -0.3 is 4.74 Å². The highest BCUT2D eigenvalue weighted by molar-refractivity contribution is 6.30. The molecular weight excluding hydrogens is 296 g/mol. The average molecular weight is 315 g/mol. The lowest BCUT2D eigenvalue weighted by molar-refractivity contribution is -0.145. The average Bonchev–Trinajstić information content (AvgIpc) is 2.54. The Bertz CT molecular complexity index is 645. The molecule has 0 bridgehead atoms. The zero-order chi connectivity index (χ0) is 15.9. The van der Waals surface area contributed by atoms with Gasteiger partial charge in [-0.1, -0.05) is 60.1 Å². The first-order valence-electron chi connectivity index (χ1n) is 7.31. The van der Waals surface area contributed by atoms with Crippen molar-refractivity contribution >= 4 is 23.1 Å². The van der Waals surface area contributed by atoms with Gasteiger partial charge in [-0.05, 0) is 42.7 Å². The minimum atomic E-state index is -0.314. The molecule has 2 aromatic carbocycles. The predicted octanol–water partition coefficient (Wildman–Crippen LogP) is 4.97. The molecule has 0 heterocycles. The van der Waals surface area contributed by atoms with Gasteiger partial charge in [0.1, 0.15) is 0 Å². The molecule has 3 heteroatoms. The van der Waals surface area contributed by atoms with E-state index in [1.165, 1.54) is 0 Å². The number of halogens is 1. The summed E-state index contributed by atoms with van der Waals surface area (Å²) in [6.45, 7) is 4.04. The Balaban J connectivity index is 2.42. The summed E-state index contributed by atoms with van der Waals surface area (Å²) >= 11 is 5.97. The number of hydrogen-bond donors (Lipinski definition) is 0. The van der Waals surface area contributed by atoms with Crippen LogP contribution in [0.1, 0.15) is 25.0 Å². The lowest BCUT2D eigenvalue weighted by atomic mass is 9.94. The summed E-state index contributed by atoms with van der Waals surface area (Å²) in [6.07, 6.45) is 1.94. The van der Waals surface area contributed by atoms with E-state index in [9.17, 15) is 4.79 Å². The second kappa shape index (κ2) is 7.81. The maximum absolute atomic E-state index is 11.9. The lowest BCUT2D eigenvalue weighted by Gasteiger charge is -2.12. The number of ether oxygens (including phenoxy) is 1. The van der Waals surface area contributed by atoms with Gasteiger partial charge in [-0.3, -0.25) is 4.79 Å². The molecule has 0 amide bonds. The van der Waals surface area contributed by atoms with Crippen LogP contribution in [0.25, 0.3) is 5.57 Å². The van der Waals surface area contributed by atoms with Crippen molar-refractivity contribution in [1.82, 2.24) is 0 Å². The number of benzene rings is 2. The van der Waals surface area contributed by atoms with Crippen LogP contribution in [-0.2, 0) is 9.53 Å². The van der Waals surface area contributed by atoms with Crippen molar-refractivity contribution in [1.29, 1.82) is 0 Å². The topological polar surface area (TPSA) is 26.3 Å². The Labute approximate surface area is 136 Å². The molecule has 0 radical (unpaired) electrons. The Morgan fingerprint density at radius 1 is 1.09 bits per heavy atom. The summed E-state index contributed by atoms with van der Waals surface area (Å²) in [6, 6.07) is 17.6. The quantitative estimate of drug-likeness (QED) is 0.728. The van der Waals surface area contributed by atoms with Crippen molar-refractivity contribution in [3.05, 3.63) is 76.8 Å². The standard InChI is InChI=1S/C19H19ClO2/c1-3-22-19(21)14(2)13-18(15-7-5-4-6-8-15)16-9-11-17(20)12-10-16/h4-14H,3H2,1-2H3/b18-13+. The van der Waals surface area contributed by atoms with Gasteiger partial charge in [0, 0.05) is 5.02 Å². The molecule has 0 saturated heterocycles. The van der Waals surface area contributed by atoms with Crippen LogP contribution < -0.4 is 0 Å². The Hall–Kier alpha value is -2.06. The summed E-state index contributed by atoms with van der Waals surface area (Å²) in [5.41, 5.74) is 3.07. The van der Waals surface area contributed by atoms with Gasteiger partial charge in [0.15, 0.2) is 0 Å². The molecule has 0 fully saturated rings. The van der Waals surface area contributed by atoms with E-state index in [2.05, 4.69) is 0 Å². The van der Waals surface area contributed by atoms with E-state index in [0.717, 1.165) is 16.7 Å². The van der Waals surface area contributed by atoms with E-state index in [1.807, 2.05) is 74.5 Å². The van der Waals surface area contributed by atoms with Crippen LogP contribution in [0.15, 0.2) is 60.7 Å². The van der Waals surface area contributed by atoms with E-state index in [-0.39, 0.29) is 11.9 Å². The molecule has 0 aliphatic carbocycles. The normalized spacial score (nSPS) is 12.8. The second-order valence-corrected chi connectivity index (χ2v) is 5.43. The van der Waals surface area contributed by atoms with Gasteiger partial charge in [0.2, 0.25) is 0 Å². The summed E-state index contributed by atoms with van der Waals surface area (Å²) in [7, 11) is 0. The minimum Gasteiger partial charge on any atom is -0.466 e. The van der Waals surface area contributed by atoms with Crippen LogP contribution in [0, 0.1) is 5.92 Å². The first-order valence-corrected chi connectivity index (χ1v) is 7.69. The molecular formula is C19H19ClO2. The van der Waals surface area contributed by atoms with Crippen molar-refractivity contribution < 1.29 is 9.53 Å². The maximum Gasteiger partial charge on any atom is 0.312 e. The van der Waals surface area contributed by atoms with E-state index in [0.29, 0.717) is 11.6 Å². The zero-order valence-electron chi connectivity index (χ0n) is 12.8. The number of carbonyl (C=O) groups is 1. The minimum absolute atomic E-state index is 0.218. The molecule has 0 aromatic heterocycles. The van der Waals surface area contributed by atoms with E-state index in [1.54, 1.807) is 0 Å². The SMILES string of the molecule is CCOC(=O)C(C)/C=C(\c1ccccc1)c1ccc(Cl)cc1. The van der Waals surface area contributed by atoms with Gasteiger partial charge in [-0.15, -0.1) is 0 Å². The number of rotatable bonds is 5. The summed E-state index contributed by atoms with van der Waals surface area (Å²) < 4.78 is 5.09. The summed E-state index contributed by atoms with van der Waals surface area (Å²) in [5.74, 6) is -0.532. The maximum atomic E-state index is 11.9. The fourth-order valence-electron chi connectivity index (χ4n) is 2.20. The second-order valence-electron chi connectivity index (χ2n) is 4.99. The van der Waals surface area contributed by atoms with Crippen LogP contribution in [0.4, 0.5) is 0 Å². The largest absolute Gasteiger partial charge is 0.466 e. The first-order chi connectivity index (χ1) is 10.6. The molecule has 0 N–H and O–H groups in total. The van der Waals surface area contributed by atoms with Gasteiger partial charge in [-0.25, -0.2) is 0 Å². The van der Waals surface area contributed by atoms with Crippen LogP contribution >= 0.6 is 11.6 Å². The molecule has 2 aromatic rings. The number of hydrogen-bond acceptors (Lipinski definition) is 2. The van der Waals surface area contributed by atoms with E-state index < -0.39 is 0 Å². The zero-order valence-corrected chi connectivity index (χ0v) is 13.5. The highest BCUT2D eigenvalue weighted by atomic mass is 35.5. The molecule has 2 rings (SSSR count). The highest BCUT2D eigenvalue weighted by Gasteiger charge is 2.14. The molecule has 0 aliphatic rings. The molecule has 22 heavy (non-hydrogen) atoms. The molecule has 0 saturated carbocycles. The summed E-state index contributed by atoms with van der Waals surface area (Å²) in [5, 5.41) is 0.689. The molecule has 114 valence electrons. The van der Waals surface area contributed by atoms with Crippen LogP contribution in [0.2, 0.25) is 5.02 Å². The van der Waals surface area contributed by atoms with Crippen LogP contribution in [-0.4, -0.2) is 12.6 Å².